The Morgan fingerprint density at radius 1 is 1.19 bits per heavy atom. The van der Waals surface area contributed by atoms with Crippen molar-refractivity contribution in [1.29, 1.82) is 0 Å². The predicted octanol–water partition coefficient (Wildman–Crippen LogP) is 4.31. The molecule has 4 rings (SSSR count). The molecule has 7 heteroatoms. The lowest BCUT2D eigenvalue weighted by Crippen LogP contribution is -2.24. The summed E-state index contributed by atoms with van der Waals surface area (Å²) in [5.74, 6) is 1.66. The number of carbonyl (C=O) groups excluding carboxylic acids is 1. The van der Waals surface area contributed by atoms with Crippen LogP contribution in [-0.2, 0) is 4.79 Å². The fourth-order valence-corrected chi connectivity index (χ4v) is 3.25. The number of nitrogens with zero attached hydrogens (tertiary/aromatic N) is 3. The van der Waals surface area contributed by atoms with Crippen molar-refractivity contribution in [2.75, 3.05) is 18.1 Å². The molecule has 27 heavy (non-hydrogen) atoms. The number of carbonyl (C=O) groups is 1. The summed E-state index contributed by atoms with van der Waals surface area (Å²) in [6.45, 7) is 3.05. The maximum absolute atomic E-state index is 12.5. The van der Waals surface area contributed by atoms with E-state index in [1.54, 1.807) is 17.0 Å². The molecule has 0 N–H and O–H groups in total. The zero-order valence-corrected chi connectivity index (χ0v) is 15.5. The highest BCUT2D eigenvalue weighted by Gasteiger charge is 2.35. The first kappa shape index (κ1) is 17.5. The Kier molecular flexibility index (Phi) is 4.81. The first-order valence-corrected chi connectivity index (χ1v) is 9.14. The van der Waals surface area contributed by atoms with Crippen LogP contribution in [0.25, 0.3) is 11.4 Å². The number of halogens is 1. The van der Waals surface area contributed by atoms with Gasteiger partial charge in [0.1, 0.15) is 5.75 Å². The van der Waals surface area contributed by atoms with E-state index in [0.29, 0.717) is 36.3 Å². The third-order valence-corrected chi connectivity index (χ3v) is 4.73. The molecule has 2 heterocycles. The van der Waals surface area contributed by atoms with Crippen LogP contribution in [0.1, 0.15) is 25.2 Å². The number of ether oxygens (including phenoxy) is 1. The highest BCUT2D eigenvalue weighted by molar-refractivity contribution is 6.30. The predicted molar refractivity (Wildman–Crippen MR) is 102 cm³/mol. The highest BCUT2D eigenvalue weighted by Crippen LogP contribution is 2.32. The van der Waals surface area contributed by atoms with Gasteiger partial charge in [0.2, 0.25) is 17.6 Å². The van der Waals surface area contributed by atoms with Crippen LogP contribution in [0.4, 0.5) is 5.69 Å². The Balaban J connectivity index is 1.50. The number of amides is 1. The number of anilines is 1. The molecule has 1 saturated heterocycles. The SMILES string of the molecule is CCOc1ccc(N2C[C@@H](c3nc(-c4ccc(Cl)cc4)no3)CC2=O)cc1. The number of hydrogen-bond donors (Lipinski definition) is 0. The van der Waals surface area contributed by atoms with Gasteiger partial charge in [-0.2, -0.15) is 4.98 Å². The minimum absolute atomic E-state index is 0.0374. The maximum atomic E-state index is 12.5. The van der Waals surface area contributed by atoms with Gasteiger partial charge in [0.05, 0.1) is 12.5 Å². The Morgan fingerprint density at radius 3 is 2.63 bits per heavy atom. The molecule has 1 atom stereocenters. The van der Waals surface area contributed by atoms with Crippen LogP contribution >= 0.6 is 11.6 Å². The van der Waals surface area contributed by atoms with Crippen LogP contribution in [0.3, 0.4) is 0 Å². The number of benzene rings is 2. The molecule has 1 amide bonds. The molecule has 6 nitrogen and oxygen atoms in total. The van der Waals surface area contributed by atoms with E-state index in [1.807, 2.05) is 43.3 Å². The Labute approximate surface area is 161 Å². The third-order valence-electron chi connectivity index (χ3n) is 4.48. The van der Waals surface area contributed by atoms with Gasteiger partial charge in [0, 0.05) is 29.2 Å². The van der Waals surface area contributed by atoms with Gasteiger partial charge in [0.25, 0.3) is 0 Å². The summed E-state index contributed by atoms with van der Waals surface area (Å²) >= 11 is 5.91. The van der Waals surface area contributed by atoms with Crippen molar-refractivity contribution in [2.45, 2.75) is 19.3 Å². The third kappa shape index (κ3) is 3.66. The average molecular weight is 384 g/mol. The average Bonchev–Trinajstić information content (AvgIpc) is 3.30. The molecule has 0 aliphatic carbocycles. The lowest BCUT2D eigenvalue weighted by molar-refractivity contribution is -0.117. The normalized spacial score (nSPS) is 16.7. The van der Waals surface area contributed by atoms with Crippen molar-refractivity contribution in [3.63, 3.8) is 0 Å². The van der Waals surface area contributed by atoms with E-state index in [4.69, 9.17) is 20.9 Å². The van der Waals surface area contributed by atoms with E-state index < -0.39 is 0 Å². The fraction of sp³-hybridized carbons (Fsp3) is 0.250. The molecular formula is C20H18ClN3O3. The first-order valence-electron chi connectivity index (χ1n) is 8.77. The second-order valence-electron chi connectivity index (χ2n) is 6.30. The van der Waals surface area contributed by atoms with Gasteiger partial charge in [-0.05, 0) is 55.5 Å². The van der Waals surface area contributed by atoms with Gasteiger partial charge >= 0.3 is 0 Å². The van der Waals surface area contributed by atoms with Crippen LogP contribution in [0.2, 0.25) is 5.02 Å². The van der Waals surface area contributed by atoms with Crippen molar-refractivity contribution in [3.8, 4) is 17.1 Å². The molecule has 2 aromatic carbocycles. The van der Waals surface area contributed by atoms with Gasteiger partial charge in [-0.25, -0.2) is 0 Å². The van der Waals surface area contributed by atoms with Crippen molar-refractivity contribution in [1.82, 2.24) is 10.1 Å². The smallest absolute Gasteiger partial charge is 0.232 e. The van der Waals surface area contributed by atoms with E-state index in [9.17, 15) is 4.79 Å². The second-order valence-corrected chi connectivity index (χ2v) is 6.73. The number of hydrogen-bond acceptors (Lipinski definition) is 5. The van der Waals surface area contributed by atoms with Gasteiger partial charge in [-0.15, -0.1) is 0 Å². The number of rotatable bonds is 5. The van der Waals surface area contributed by atoms with E-state index >= 15 is 0 Å². The van der Waals surface area contributed by atoms with Crippen molar-refractivity contribution in [3.05, 3.63) is 59.4 Å². The second kappa shape index (κ2) is 7.40. The molecular weight excluding hydrogens is 366 g/mol. The summed E-state index contributed by atoms with van der Waals surface area (Å²) in [7, 11) is 0. The number of aromatic nitrogens is 2. The van der Waals surface area contributed by atoms with Crippen LogP contribution in [0.15, 0.2) is 53.1 Å². The van der Waals surface area contributed by atoms with E-state index in [1.165, 1.54) is 0 Å². The highest BCUT2D eigenvalue weighted by atomic mass is 35.5. The quantitative estimate of drug-likeness (QED) is 0.656. The summed E-state index contributed by atoms with van der Waals surface area (Å²) in [5, 5.41) is 4.69. The minimum atomic E-state index is -0.127. The fourth-order valence-electron chi connectivity index (χ4n) is 3.13. The first-order chi connectivity index (χ1) is 13.1. The van der Waals surface area contributed by atoms with E-state index in [-0.39, 0.29) is 11.8 Å². The Bertz CT molecular complexity index is 938. The van der Waals surface area contributed by atoms with Crippen molar-refractivity contribution in [2.24, 2.45) is 0 Å². The standard InChI is InChI=1S/C20H18ClN3O3/c1-2-26-17-9-7-16(8-10-17)24-12-14(11-18(24)25)20-22-19(23-27-20)13-3-5-15(21)6-4-13/h3-10,14H,2,11-12H2,1H3/t14-/m0/s1. The topological polar surface area (TPSA) is 68.5 Å². The monoisotopic (exact) mass is 383 g/mol. The Morgan fingerprint density at radius 2 is 1.93 bits per heavy atom. The lowest BCUT2D eigenvalue weighted by Gasteiger charge is -2.16. The summed E-state index contributed by atoms with van der Waals surface area (Å²) in [4.78, 5) is 18.7. The molecule has 0 unspecified atom stereocenters. The molecule has 1 aliphatic heterocycles. The van der Waals surface area contributed by atoms with Crippen LogP contribution in [0, 0.1) is 0 Å². The minimum Gasteiger partial charge on any atom is -0.494 e. The van der Waals surface area contributed by atoms with E-state index in [0.717, 1.165) is 17.0 Å². The van der Waals surface area contributed by atoms with Crippen LogP contribution in [-0.4, -0.2) is 29.2 Å². The van der Waals surface area contributed by atoms with Crippen LogP contribution < -0.4 is 9.64 Å². The summed E-state index contributed by atoms with van der Waals surface area (Å²) in [6.07, 6.45) is 0.343. The molecule has 1 aliphatic rings. The molecule has 0 bridgehead atoms. The zero-order valence-electron chi connectivity index (χ0n) is 14.8. The molecule has 1 aromatic heterocycles. The molecule has 1 fully saturated rings. The van der Waals surface area contributed by atoms with Gasteiger partial charge in [0.15, 0.2) is 0 Å². The molecule has 0 spiro atoms. The largest absolute Gasteiger partial charge is 0.494 e. The molecule has 3 aromatic rings. The van der Waals surface area contributed by atoms with Crippen LogP contribution in [0.5, 0.6) is 5.75 Å². The van der Waals surface area contributed by atoms with Gasteiger partial charge in [-0.3, -0.25) is 4.79 Å². The summed E-state index contributed by atoms with van der Waals surface area (Å²) < 4.78 is 10.9. The van der Waals surface area contributed by atoms with Gasteiger partial charge < -0.3 is 14.2 Å². The molecule has 138 valence electrons. The summed E-state index contributed by atoms with van der Waals surface area (Å²) in [6, 6.07) is 14.7. The van der Waals surface area contributed by atoms with Gasteiger partial charge in [-0.1, -0.05) is 16.8 Å². The molecule has 0 radical (unpaired) electrons. The van der Waals surface area contributed by atoms with Crippen molar-refractivity contribution < 1.29 is 14.1 Å². The van der Waals surface area contributed by atoms with Crippen molar-refractivity contribution >= 4 is 23.2 Å². The zero-order chi connectivity index (χ0) is 18.8. The van der Waals surface area contributed by atoms with E-state index in [2.05, 4.69) is 10.1 Å². The maximum Gasteiger partial charge on any atom is 0.232 e. The Hall–Kier alpha value is -2.86. The summed E-state index contributed by atoms with van der Waals surface area (Å²) in [5.41, 5.74) is 1.66. The molecule has 0 saturated carbocycles. The lowest BCUT2D eigenvalue weighted by atomic mass is 10.1.